The number of fused-ring (bicyclic) bond motifs is 2. The highest BCUT2D eigenvalue weighted by atomic mass is 79.9. The number of halogens is 1. The summed E-state index contributed by atoms with van der Waals surface area (Å²) in [5.74, 6) is 0.495. The maximum Gasteiger partial charge on any atom is 0.248 e. The van der Waals surface area contributed by atoms with Crippen molar-refractivity contribution in [1.82, 2.24) is 34.5 Å². The van der Waals surface area contributed by atoms with Crippen molar-refractivity contribution in [3.63, 3.8) is 0 Å². The summed E-state index contributed by atoms with van der Waals surface area (Å²) in [7, 11) is 0. The van der Waals surface area contributed by atoms with Crippen LogP contribution in [0, 0.1) is 12.3 Å². The van der Waals surface area contributed by atoms with Gasteiger partial charge >= 0.3 is 0 Å². The molecule has 46 heavy (non-hydrogen) atoms. The molecule has 0 bridgehead atoms. The van der Waals surface area contributed by atoms with E-state index in [9.17, 15) is 14.4 Å². The summed E-state index contributed by atoms with van der Waals surface area (Å²) >= 11 is 3.44. The first kappa shape index (κ1) is 30.6. The maximum atomic E-state index is 14.0. The number of likely N-dealkylation sites (tertiary alicyclic amines) is 1. The van der Waals surface area contributed by atoms with Gasteiger partial charge in [-0.25, -0.2) is 15.0 Å². The molecule has 2 amide bonds. The van der Waals surface area contributed by atoms with Crippen molar-refractivity contribution < 1.29 is 19.1 Å². The van der Waals surface area contributed by atoms with E-state index in [1.54, 1.807) is 22.0 Å². The topological polar surface area (TPSA) is 135 Å². The number of benzene rings is 1. The molecule has 1 unspecified atom stereocenters. The van der Waals surface area contributed by atoms with Gasteiger partial charge in [0.25, 0.3) is 0 Å². The van der Waals surface area contributed by atoms with Crippen LogP contribution in [0.1, 0.15) is 48.6 Å². The zero-order valence-electron chi connectivity index (χ0n) is 26.0. The van der Waals surface area contributed by atoms with Gasteiger partial charge in [-0.3, -0.25) is 24.0 Å². The van der Waals surface area contributed by atoms with Crippen LogP contribution >= 0.6 is 15.9 Å². The Labute approximate surface area is 274 Å². The Morgan fingerprint density at radius 2 is 1.83 bits per heavy atom. The van der Waals surface area contributed by atoms with Crippen molar-refractivity contribution in [3.05, 3.63) is 64.4 Å². The number of amides is 2. The van der Waals surface area contributed by atoms with Crippen LogP contribution < -0.4 is 5.32 Å². The molecule has 3 aromatic heterocycles. The molecule has 2 saturated heterocycles. The molecule has 1 aromatic carbocycles. The van der Waals surface area contributed by atoms with Crippen molar-refractivity contribution in [3.8, 4) is 11.1 Å². The van der Waals surface area contributed by atoms with Crippen LogP contribution in [0.3, 0.4) is 0 Å². The Hall–Kier alpha value is -4.07. The van der Waals surface area contributed by atoms with E-state index in [-0.39, 0.29) is 41.3 Å². The summed E-state index contributed by atoms with van der Waals surface area (Å²) in [6.45, 7) is 8.92. The predicted octanol–water partition coefficient (Wildman–Crippen LogP) is 4.01. The minimum Gasteiger partial charge on any atom is -0.379 e. The maximum absolute atomic E-state index is 14.0. The second kappa shape index (κ2) is 11.9. The van der Waals surface area contributed by atoms with Crippen LogP contribution in [0.2, 0.25) is 0 Å². The van der Waals surface area contributed by atoms with Crippen molar-refractivity contribution >= 4 is 50.2 Å². The minimum absolute atomic E-state index is 0.0266. The molecule has 4 aromatic rings. The minimum atomic E-state index is -0.643. The largest absolute Gasteiger partial charge is 0.379 e. The van der Waals surface area contributed by atoms with E-state index in [0.29, 0.717) is 53.3 Å². The number of ether oxygens (including phenoxy) is 1. The second-order valence-electron chi connectivity index (χ2n) is 12.7. The quantitative estimate of drug-likeness (QED) is 0.215. The molecule has 3 fully saturated rings. The number of hydrogen-bond acceptors (Lipinski definition) is 9. The van der Waals surface area contributed by atoms with Crippen molar-refractivity contribution in [2.75, 3.05) is 31.6 Å². The molecule has 1 saturated carbocycles. The van der Waals surface area contributed by atoms with E-state index in [4.69, 9.17) is 4.74 Å². The Kier molecular flexibility index (Phi) is 7.94. The molecule has 13 heteroatoms. The highest BCUT2D eigenvalue weighted by Gasteiger charge is 2.64. The molecule has 7 rings (SSSR count). The zero-order chi connectivity index (χ0) is 32.2. The number of aryl methyl sites for hydroxylation is 1. The van der Waals surface area contributed by atoms with Gasteiger partial charge in [0.1, 0.15) is 34.5 Å². The van der Waals surface area contributed by atoms with Gasteiger partial charge in [0.15, 0.2) is 5.78 Å². The van der Waals surface area contributed by atoms with Gasteiger partial charge in [-0.1, -0.05) is 19.1 Å². The van der Waals surface area contributed by atoms with Gasteiger partial charge in [-0.05, 0) is 64.9 Å². The van der Waals surface area contributed by atoms with Gasteiger partial charge in [0.2, 0.25) is 11.8 Å². The van der Waals surface area contributed by atoms with Crippen LogP contribution in [0.15, 0.2) is 47.3 Å². The lowest BCUT2D eigenvalue weighted by atomic mass is 10.0. The Balaban J connectivity index is 1.13. The highest BCUT2D eigenvalue weighted by Crippen LogP contribution is 2.59. The fourth-order valence-corrected chi connectivity index (χ4v) is 7.06. The van der Waals surface area contributed by atoms with Crippen LogP contribution in [0.4, 0.5) is 5.82 Å². The second-order valence-corrected chi connectivity index (χ2v) is 13.5. The number of carbonyl (C=O) groups is 3. The number of Topliss-reactive ketones (excluding diaryl/α,β-unsaturated/α-hetero) is 1. The summed E-state index contributed by atoms with van der Waals surface area (Å²) in [5, 5.41) is 8.28. The van der Waals surface area contributed by atoms with Gasteiger partial charge < -0.3 is 15.0 Å². The van der Waals surface area contributed by atoms with E-state index in [1.165, 1.54) is 6.92 Å². The average Bonchev–Trinajstić information content (AvgIpc) is 3.40. The Morgan fingerprint density at radius 3 is 2.57 bits per heavy atom. The van der Waals surface area contributed by atoms with Crippen molar-refractivity contribution in [2.45, 2.75) is 58.8 Å². The van der Waals surface area contributed by atoms with Crippen LogP contribution in [-0.4, -0.2) is 90.5 Å². The third kappa shape index (κ3) is 5.82. The third-order valence-corrected chi connectivity index (χ3v) is 9.83. The average molecular weight is 688 g/mol. The molecule has 2 aliphatic heterocycles. The Morgan fingerprint density at radius 1 is 1.07 bits per heavy atom. The molecule has 0 spiro atoms. The molecule has 12 nitrogen and oxygen atoms in total. The number of piperidine rings is 1. The van der Waals surface area contributed by atoms with E-state index in [2.05, 4.69) is 53.1 Å². The number of aromatic nitrogens is 5. The van der Waals surface area contributed by atoms with Crippen LogP contribution in [0.25, 0.3) is 22.0 Å². The summed E-state index contributed by atoms with van der Waals surface area (Å²) in [6, 6.07) is 8.82. The third-order valence-electron chi connectivity index (χ3n) is 9.39. The molecule has 238 valence electrons. The number of morpholine rings is 1. The lowest BCUT2D eigenvalue weighted by Crippen LogP contribution is -2.47. The van der Waals surface area contributed by atoms with Crippen molar-refractivity contribution in [2.24, 2.45) is 5.41 Å². The monoisotopic (exact) mass is 686 g/mol. The summed E-state index contributed by atoms with van der Waals surface area (Å²) in [6.07, 6.45) is 4.90. The number of anilines is 1. The fourth-order valence-electron chi connectivity index (χ4n) is 6.75. The molecule has 1 aliphatic carbocycles. The lowest BCUT2D eigenvalue weighted by molar-refractivity contribution is -0.138. The molecule has 5 heterocycles. The fraction of sp³-hybridized carbons (Fsp3) is 0.424. The number of hydrogen-bond donors (Lipinski definition) is 1. The first-order valence-corrected chi connectivity index (χ1v) is 16.3. The van der Waals surface area contributed by atoms with Crippen LogP contribution in [-0.2, 0) is 27.4 Å². The summed E-state index contributed by atoms with van der Waals surface area (Å²) in [4.78, 5) is 57.7. The standard InChI is InChI=1S/C33H35BrN8O4/c1-19(43)30-24-12-21(23-15-35-20(2)36-16-23)4-6-25(24)41(39-30)18-29(44)42-26(13-33(3)14-27(33)42)32(45)38-31-22(5-7-28(34)37-31)17-40-8-10-46-11-9-40/h4-7,12,15-16,26-27H,8-11,13-14,17-18H2,1-3H3,(H,37,38,45)/t26-,27?,33-/m0/s1. The molecular formula is C33H35BrN8O4. The molecule has 1 N–H and O–H groups in total. The molecule has 3 aliphatic rings. The van der Waals surface area contributed by atoms with Crippen molar-refractivity contribution in [1.29, 1.82) is 0 Å². The van der Waals surface area contributed by atoms with E-state index < -0.39 is 6.04 Å². The number of nitrogens with zero attached hydrogens (tertiary/aromatic N) is 7. The number of ketones is 1. The first-order valence-electron chi connectivity index (χ1n) is 15.5. The number of nitrogens with one attached hydrogen (secondary N) is 1. The predicted molar refractivity (Wildman–Crippen MR) is 174 cm³/mol. The molecular weight excluding hydrogens is 652 g/mol. The van der Waals surface area contributed by atoms with E-state index in [0.717, 1.165) is 36.2 Å². The van der Waals surface area contributed by atoms with Gasteiger partial charge in [0, 0.05) is 61.5 Å². The van der Waals surface area contributed by atoms with Crippen LogP contribution in [0.5, 0.6) is 0 Å². The molecule has 3 atom stereocenters. The highest BCUT2D eigenvalue weighted by molar-refractivity contribution is 9.10. The Bertz CT molecular complexity index is 1850. The van der Waals surface area contributed by atoms with Gasteiger partial charge in [0.05, 0.1) is 18.7 Å². The zero-order valence-corrected chi connectivity index (χ0v) is 27.6. The number of rotatable bonds is 8. The number of carbonyl (C=O) groups excluding carboxylic acids is 3. The summed E-state index contributed by atoms with van der Waals surface area (Å²) < 4.78 is 7.68. The number of pyridine rings is 1. The van der Waals surface area contributed by atoms with E-state index >= 15 is 0 Å². The van der Waals surface area contributed by atoms with E-state index in [1.807, 2.05) is 37.3 Å². The van der Waals surface area contributed by atoms with Gasteiger partial charge in [-0.15, -0.1) is 0 Å². The van der Waals surface area contributed by atoms with Gasteiger partial charge in [-0.2, -0.15) is 5.10 Å². The first-order chi connectivity index (χ1) is 22.1. The SMILES string of the molecule is CC(=O)c1nn(CC(=O)N2C3C[C@]3(C)C[C@H]2C(=O)Nc2nc(Br)ccc2CN2CCOCC2)c2ccc(-c3cnc(C)nc3)cc12. The lowest BCUT2D eigenvalue weighted by Gasteiger charge is -2.28. The normalized spacial score (nSPS) is 22.6. The molecule has 0 radical (unpaired) electrons. The summed E-state index contributed by atoms with van der Waals surface area (Å²) in [5.41, 5.74) is 3.42. The smallest absolute Gasteiger partial charge is 0.248 e.